The van der Waals surface area contributed by atoms with E-state index in [4.69, 9.17) is 0 Å². The summed E-state index contributed by atoms with van der Waals surface area (Å²) in [6, 6.07) is 7.44. The molecule has 1 heterocycles. The number of nitrogens with zero attached hydrogens (tertiary/aromatic N) is 1. The number of fused-ring (bicyclic) bond motifs is 6. The monoisotopic (exact) mass is 431 g/mol. The highest BCUT2D eigenvalue weighted by atomic mass is 16.2. The largest absolute Gasteiger partial charge is 0.271 e. The minimum absolute atomic E-state index is 0.0637. The molecule has 0 aromatic heterocycles. The number of carbonyl (C=O) groups excluding carboxylic acids is 2. The smallest absolute Gasteiger partial charge is 0.261 e. The van der Waals surface area contributed by atoms with E-state index in [1.165, 1.54) is 38.5 Å². The SMILES string of the molecule is C/C=C1/CC[C@H]2[C@@H]3CC[C@@H]4C[C@H](N5C(=O)c6ccccc6C5=O)CC[C@]4(C)[C@H]3CC[C@]12C. The third-order valence-electron chi connectivity index (χ3n) is 11.0. The summed E-state index contributed by atoms with van der Waals surface area (Å²) in [5.74, 6) is 3.05. The molecule has 7 atom stereocenters. The first-order valence-corrected chi connectivity index (χ1v) is 13.0. The molecule has 4 fully saturated rings. The number of amides is 2. The zero-order chi connectivity index (χ0) is 22.3. The number of imide groups is 1. The van der Waals surface area contributed by atoms with E-state index in [1.54, 1.807) is 10.5 Å². The van der Waals surface area contributed by atoms with Gasteiger partial charge in [-0.05, 0) is 111 Å². The van der Waals surface area contributed by atoms with Crippen LogP contribution in [0.3, 0.4) is 0 Å². The van der Waals surface area contributed by atoms with Crippen LogP contribution in [0.25, 0.3) is 0 Å². The summed E-state index contributed by atoms with van der Waals surface area (Å²) in [6.07, 6.45) is 13.6. The zero-order valence-electron chi connectivity index (χ0n) is 19.9. The summed E-state index contributed by atoms with van der Waals surface area (Å²) in [4.78, 5) is 27.8. The van der Waals surface area contributed by atoms with Crippen LogP contribution in [0.15, 0.2) is 35.9 Å². The van der Waals surface area contributed by atoms with Crippen molar-refractivity contribution >= 4 is 11.8 Å². The molecular formula is C29H37NO2. The first-order chi connectivity index (χ1) is 15.4. The average molecular weight is 432 g/mol. The van der Waals surface area contributed by atoms with Gasteiger partial charge < -0.3 is 0 Å². The van der Waals surface area contributed by atoms with Crippen molar-refractivity contribution in [1.29, 1.82) is 0 Å². The highest BCUT2D eigenvalue weighted by Gasteiger charge is 2.59. The molecule has 5 aliphatic rings. The average Bonchev–Trinajstić information content (AvgIpc) is 3.27. The van der Waals surface area contributed by atoms with Crippen LogP contribution >= 0.6 is 0 Å². The molecule has 0 radical (unpaired) electrons. The Morgan fingerprint density at radius 3 is 2.31 bits per heavy atom. The Hall–Kier alpha value is -1.90. The maximum atomic E-state index is 13.1. The quantitative estimate of drug-likeness (QED) is 0.369. The predicted molar refractivity (Wildman–Crippen MR) is 126 cm³/mol. The van der Waals surface area contributed by atoms with Crippen molar-refractivity contribution in [2.45, 2.75) is 84.6 Å². The second-order valence-corrected chi connectivity index (χ2v) is 11.9. The highest BCUT2D eigenvalue weighted by Crippen LogP contribution is 2.67. The summed E-state index contributed by atoms with van der Waals surface area (Å²) in [5.41, 5.74) is 3.74. The van der Waals surface area contributed by atoms with Gasteiger partial charge in [0.2, 0.25) is 0 Å². The van der Waals surface area contributed by atoms with Gasteiger partial charge in [-0.25, -0.2) is 0 Å². The maximum absolute atomic E-state index is 13.1. The van der Waals surface area contributed by atoms with E-state index < -0.39 is 0 Å². The van der Waals surface area contributed by atoms with Crippen LogP contribution in [0.4, 0.5) is 0 Å². The second kappa shape index (κ2) is 7.05. The lowest BCUT2D eigenvalue weighted by molar-refractivity contribution is -0.106. The molecule has 0 N–H and O–H groups in total. The third kappa shape index (κ3) is 2.60. The van der Waals surface area contributed by atoms with Gasteiger partial charge in [-0.3, -0.25) is 14.5 Å². The molecule has 2 amide bonds. The summed E-state index contributed by atoms with van der Waals surface area (Å²) >= 11 is 0. The lowest BCUT2D eigenvalue weighted by Gasteiger charge is -2.61. The molecule has 0 unspecified atom stereocenters. The molecule has 1 aromatic rings. The van der Waals surface area contributed by atoms with Crippen molar-refractivity contribution in [3.8, 4) is 0 Å². The van der Waals surface area contributed by atoms with E-state index in [1.807, 2.05) is 24.3 Å². The van der Waals surface area contributed by atoms with Crippen molar-refractivity contribution < 1.29 is 9.59 Å². The Morgan fingerprint density at radius 1 is 0.906 bits per heavy atom. The molecule has 4 aliphatic carbocycles. The van der Waals surface area contributed by atoms with E-state index in [0.717, 1.165) is 37.0 Å². The van der Waals surface area contributed by atoms with Crippen LogP contribution < -0.4 is 0 Å². The lowest BCUT2D eigenvalue weighted by Crippen LogP contribution is -2.55. The van der Waals surface area contributed by atoms with Gasteiger partial charge in [-0.2, -0.15) is 0 Å². The topological polar surface area (TPSA) is 37.4 Å². The van der Waals surface area contributed by atoms with Crippen molar-refractivity contribution in [1.82, 2.24) is 4.90 Å². The van der Waals surface area contributed by atoms with Gasteiger partial charge in [0.15, 0.2) is 0 Å². The molecule has 170 valence electrons. The summed E-state index contributed by atoms with van der Waals surface area (Å²) < 4.78 is 0. The molecular weight excluding hydrogens is 394 g/mol. The van der Waals surface area contributed by atoms with E-state index in [-0.39, 0.29) is 17.9 Å². The van der Waals surface area contributed by atoms with E-state index in [9.17, 15) is 9.59 Å². The fourth-order valence-electron chi connectivity index (χ4n) is 9.33. The van der Waals surface area contributed by atoms with Crippen LogP contribution in [0, 0.1) is 34.5 Å². The number of allylic oxidation sites excluding steroid dienone is 2. The molecule has 3 nitrogen and oxygen atoms in total. The van der Waals surface area contributed by atoms with E-state index in [0.29, 0.717) is 27.9 Å². The fraction of sp³-hybridized carbons (Fsp3) is 0.655. The van der Waals surface area contributed by atoms with Gasteiger partial charge in [0.25, 0.3) is 11.8 Å². The Kier molecular flexibility index (Phi) is 4.56. The van der Waals surface area contributed by atoms with Crippen molar-refractivity contribution in [3.05, 3.63) is 47.0 Å². The first kappa shape index (κ1) is 20.7. The van der Waals surface area contributed by atoms with Gasteiger partial charge in [0.05, 0.1) is 11.1 Å². The lowest BCUT2D eigenvalue weighted by atomic mass is 9.45. The molecule has 0 saturated heterocycles. The van der Waals surface area contributed by atoms with Crippen LogP contribution in [-0.2, 0) is 0 Å². The number of hydrogen-bond donors (Lipinski definition) is 0. The Bertz CT molecular complexity index is 975. The minimum Gasteiger partial charge on any atom is -0.271 e. The van der Waals surface area contributed by atoms with Gasteiger partial charge in [-0.15, -0.1) is 0 Å². The number of benzene rings is 1. The molecule has 3 heteroatoms. The van der Waals surface area contributed by atoms with Crippen molar-refractivity contribution in [2.75, 3.05) is 0 Å². The summed E-state index contributed by atoms with van der Waals surface area (Å²) in [5, 5.41) is 0. The third-order valence-corrected chi connectivity index (χ3v) is 11.0. The van der Waals surface area contributed by atoms with E-state index in [2.05, 4.69) is 26.8 Å². The zero-order valence-corrected chi connectivity index (χ0v) is 19.9. The van der Waals surface area contributed by atoms with Crippen LogP contribution in [0.5, 0.6) is 0 Å². The fourth-order valence-corrected chi connectivity index (χ4v) is 9.33. The molecule has 4 saturated carbocycles. The second-order valence-electron chi connectivity index (χ2n) is 11.9. The normalized spacial score (nSPS) is 44.3. The minimum atomic E-state index is -0.0637. The standard InChI is InChI=1S/C29H37NO2/c1-4-18-10-12-24-23-11-9-19-17-20(13-15-29(19,3)25(23)14-16-28(18,24)2)30-26(31)21-7-5-6-8-22(21)27(30)32/h4-8,19-20,23-25H,9-17H2,1-3H3/b18-4-/t19-,20-,23+,24+,25+,28-,29+/m1/s1. The summed E-state index contributed by atoms with van der Waals surface area (Å²) in [6.45, 7) is 7.37. The summed E-state index contributed by atoms with van der Waals surface area (Å²) in [7, 11) is 0. The van der Waals surface area contributed by atoms with Gasteiger partial charge in [0, 0.05) is 6.04 Å². The first-order valence-electron chi connectivity index (χ1n) is 13.0. The van der Waals surface area contributed by atoms with Crippen LogP contribution in [-0.4, -0.2) is 22.8 Å². The molecule has 1 aromatic carbocycles. The molecule has 32 heavy (non-hydrogen) atoms. The Morgan fingerprint density at radius 2 is 1.62 bits per heavy atom. The Balaban J connectivity index is 1.23. The predicted octanol–water partition coefficient (Wildman–Crippen LogP) is 6.64. The Labute approximate surface area is 192 Å². The highest BCUT2D eigenvalue weighted by molar-refractivity contribution is 6.21. The number of carbonyl (C=O) groups is 2. The maximum Gasteiger partial charge on any atom is 0.261 e. The molecule has 0 spiro atoms. The molecule has 1 aliphatic heterocycles. The number of rotatable bonds is 1. The van der Waals surface area contributed by atoms with Gasteiger partial charge in [0.1, 0.15) is 0 Å². The van der Waals surface area contributed by atoms with Gasteiger partial charge in [-0.1, -0.05) is 37.6 Å². The van der Waals surface area contributed by atoms with Crippen LogP contribution in [0.2, 0.25) is 0 Å². The molecule has 6 rings (SSSR count). The van der Waals surface area contributed by atoms with Gasteiger partial charge >= 0.3 is 0 Å². The number of hydrogen-bond acceptors (Lipinski definition) is 2. The van der Waals surface area contributed by atoms with Crippen LogP contribution in [0.1, 0.15) is 99.3 Å². The molecule has 0 bridgehead atoms. The van der Waals surface area contributed by atoms with E-state index >= 15 is 0 Å². The van der Waals surface area contributed by atoms with Crippen molar-refractivity contribution in [3.63, 3.8) is 0 Å². The van der Waals surface area contributed by atoms with Crippen molar-refractivity contribution in [2.24, 2.45) is 34.5 Å².